The topological polar surface area (TPSA) is 87.5 Å². The Morgan fingerprint density at radius 2 is 1.92 bits per heavy atom. The Hall–Kier alpha value is -3.12. The fourth-order valence-corrected chi connectivity index (χ4v) is 2.73. The van der Waals surface area contributed by atoms with E-state index in [9.17, 15) is 10.2 Å². The molecule has 1 heterocycles. The molecule has 134 valence electrons. The summed E-state index contributed by atoms with van der Waals surface area (Å²) in [5.41, 5.74) is 2.51. The predicted octanol–water partition coefficient (Wildman–Crippen LogP) is 3.39. The summed E-state index contributed by atoms with van der Waals surface area (Å²) in [6.45, 7) is 0.0643. The van der Waals surface area contributed by atoms with Gasteiger partial charge in [0.2, 0.25) is 0 Å². The molecule has 0 fully saturated rings. The van der Waals surface area contributed by atoms with Gasteiger partial charge in [0.15, 0.2) is 11.5 Å². The van der Waals surface area contributed by atoms with Crippen LogP contribution in [0.1, 0.15) is 18.0 Å². The van der Waals surface area contributed by atoms with E-state index in [1.807, 2.05) is 30.3 Å². The van der Waals surface area contributed by atoms with Crippen LogP contribution >= 0.6 is 0 Å². The molecule has 0 amide bonds. The summed E-state index contributed by atoms with van der Waals surface area (Å²) in [4.78, 5) is 8.86. The summed E-state index contributed by atoms with van der Waals surface area (Å²) in [5.74, 6) is 1.06. The van der Waals surface area contributed by atoms with Gasteiger partial charge in [-0.3, -0.25) is 4.98 Å². The number of methoxy groups -OCH3 is 1. The minimum absolute atomic E-state index is 0.0643. The van der Waals surface area contributed by atoms with Crippen molar-refractivity contribution in [1.82, 2.24) is 9.97 Å². The number of rotatable bonds is 7. The number of aliphatic hydroxyl groups excluding tert-OH is 1. The van der Waals surface area contributed by atoms with E-state index in [1.165, 1.54) is 7.11 Å². The van der Waals surface area contributed by atoms with Gasteiger partial charge in [0.1, 0.15) is 5.82 Å². The van der Waals surface area contributed by atoms with E-state index in [-0.39, 0.29) is 18.4 Å². The molecule has 1 unspecified atom stereocenters. The van der Waals surface area contributed by atoms with Gasteiger partial charge in [0.25, 0.3) is 0 Å². The highest BCUT2D eigenvalue weighted by Crippen LogP contribution is 2.31. The average molecular weight is 351 g/mol. The third kappa shape index (κ3) is 4.10. The van der Waals surface area contributed by atoms with Crippen LogP contribution < -0.4 is 10.1 Å². The van der Waals surface area contributed by atoms with Crippen molar-refractivity contribution in [2.75, 3.05) is 19.0 Å². The van der Waals surface area contributed by atoms with Crippen LogP contribution in [0, 0.1) is 0 Å². The molecular weight excluding hydrogens is 330 g/mol. The highest BCUT2D eigenvalue weighted by atomic mass is 16.5. The Labute approximate surface area is 152 Å². The van der Waals surface area contributed by atoms with Crippen molar-refractivity contribution in [3.8, 4) is 22.8 Å². The summed E-state index contributed by atoms with van der Waals surface area (Å²) in [6.07, 6.45) is 3.86. The van der Waals surface area contributed by atoms with Gasteiger partial charge in [0.05, 0.1) is 31.2 Å². The molecule has 1 atom stereocenters. The lowest BCUT2D eigenvalue weighted by molar-refractivity contribution is 0.280. The number of aromatic nitrogens is 2. The van der Waals surface area contributed by atoms with E-state index < -0.39 is 0 Å². The number of benzene rings is 2. The quantitative estimate of drug-likeness (QED) is 0.605. The van der Waals surface area contributed by atoms with Crippen LogP contribution in [0.15, 0.2) is 60.9 Å². The molecule has 6 nitrogen and oxygen atoms in total. The van der Waals surface area contributed by atoms with Gasteiger partial charge in [-0.25, -0.2) is 4.98 Å². The maximum Gasteiger partial charge on any atom is 0.161 e. The van der Waals surface area contributed by atoms with E-state index >= 15 is 0 Å². The van der Waals surface area contributed by atoms with Gasteiger partial charge in [-0.15, -0.1) is 0 Å². The van der Waals surface area contributed by atoms with Crippen molar-refractivity contribution in [3.63, 3.8) is 0 Å². The van der Waals surface area contributed by atoms with Crippen molar-refractivity contribution >= 4 is 5.82 Å². The first-order valence-corrected chi connectivity index (χ1v) is 8.33. The second kappa shape index (κ2) is 8.31. The van der Waals surface area contributed by atoms with E-state index in [4.69, 9.17) is 4.74 Å². The van der Waals surface area contributed by atoms with Crippen molar-refractivity contribution in [2.45, 2.75) is 12.5 Å². The normalized spacial score (nSPS) is 11.8. The van der Waals surface area contributed by atoms with Gasteiger partial charge in [-0.05, 0) is 30.2 Å². The molecule has 3 N–H and O–H groups in total. The number of nitrogens with zero attached hydrogens (tertiary/aromatic N) is 2. The molecule has 2 aromatic carbocycles. The minimum Gasteiger partial charge on any atom is -0.504 e. The monoisotopic (exact) mass is 351 g/mol. The van der Waals surface area contributed by atoms with Crippen LogP contribution in [-0.4, -0.2) is 33.9 Å². The number of hydrogen-bond acceptors (Lipinski definition) is 6. The number of anilines is 1. The van der Waals surface area contributed by atoms with Gasteiger partial charge in [-0.2, -0.15) is 0 Å². The Balaban J connectivity index is 1.86. The fourth-order valence-electron chi connectivity index (χ4n) is 2.73. The standard InChI is InChI=1S/C20H21N3O3/c1-26-19-11-15(7-8-18(19)25)17-12-21-13-20(23-17)22-16(9-10-24)14-5-3-2-4-6-14/h2-8,11-13,16,24-25H,9-10H2,1H3,(H,22,23). The number of phenolic OH excluding ortho intramolecular Hbond substituents is 1. The summed E-state index contributed by atoms with van der Waals surface area (Å²) < 4.78 is 5.15. The fraction of sp³-hybridized carbons (Fsp3) is 0.200. The van der Waals surface area contributed by atoms with E-state index in [0.717, 1.165) is 11.1 Å². The second-order valence-electron chi connectivity index (χ2n) is 5.80. The lowest BCUT2D eigenvalue weighted by Gasteiger charge is -2.19. The molecule has 0 saturated carbocycles. The first-order valence-electron chi connectivity index (χ1n) is 8.33. The maximum absolute atomic E-state index is 9.74. The zero-order valence-electron chi connectivity index (χ0n) is 14.5. The SMILES string of the molecule is COc1cc(-c2cncc(NC(CCO)c3ccccc3)n2)ccc1O. The molecule has 3 rings (SSSR count). The smallest absolute Gasteiger partial charge is 0.161 e. The minimum atomic E-state index is -0.0693. The Morgan fingerprint density at radius 1 is 1.12 bits per heavy atom. The Bertz CT molecular complexity index is 856. The number of aromatic hydroxyl groups is 1. The number of nitrogens with one attached hydrogen (secondary N) is 1. The highest BCUT2D eigenvalue weighted by Gasteiger charge is 2.13. The van der Waals surface area contributed by atoms with Crippen LogP contribution in [0.25, 0.3) is 11.3 Å². The summed E-state index contributed by atoms with van der Waals surface area (Å²) in [5, 5.41) is 22.5. The van der Waals surface area contributed by atoms with E-state index in [0.29, 0.717) is 23.7 Å². The summed E-state index contributed by atoms with van der Waals surface area (Å²) in [6, 6.07) is 14.9. The molecular formula is C20H21N3O3. The van der Waals surface area contributed by atoms with E-state index in [2.05, 4.69) is 15.3 Å². The number of hydrogen-bond donors (Lipinski definition) is 3. The largest absolute Gasteiger partial charge is 0.504 e. The van der Waals surface area contributed by atoms with E-state index in [1.54, 1.807) is 30.6 Å². The van der Waals surface area contributed by atoms with Crippen molar-refractivity contribution in [2.24, 2.45) is 0 Å². The Morgan fingerprint density at radius 3 is 2.65 bits per heavy atom. The van der Waals surface area contributed by atoms with Crippen LogP contribution in [-0.2, 0) is 0 Å². The molecule has 0 bridgehead atoms. The molecule has 0 radical (unpaired) electrons. The number of ether oxygens (including phenoxy) is 1. The average Bonchev–Trinajstić information content (AvgIpc) is 2.69. The third-order valence-electron chi connectivity index (χ3n) is 4.05. The molecule has 0 saturated heterocycles. The maximum atomic E-state index is 9.74. The molecule has 3 aromatic rings. The molecule has 6 heteroatoms. The number of phenols is 1. The van der Waals surface area contributed by atoms with Gasteiger partial charge in [-0.1, -0.05) is 30.3 Å². The Kier molecular flexibility index (Phi) is 5.66. The third-order valence-corrected chi connectivity index (χ3v) is 4.05. The molecule has 0 spiro atoms. The van der Waals surface area contributed by atoms with Crippen LogP contribution in [0.4, 0.5) is 5.82 Å². The lowest BCUT2D eigenvalue weighted by atomic mass is 10.0. The van der Waals surface area contributed by atoms with Crippen molar-refractivity contribution < 1.29 is 14.9 Å². The molecule has 0 aliphatic rings. The van der Waals surface area contributed by atoms with Crippen molar-refractivity contribution in [1.29, 1.82) is 0 Å². The van der Waals surface area contributed by atoms with Crippen LogP contribution in [0.2, 0.25) is 0 Å². The number of aliphatic hydroxyl groups is 1. The first-order chi connectivity index (χ1) is 12.7. The molecule has 0 aliphatic heterocycles. The van der Waals surface area contributed by atoms with Gasteiger partial charge >= 0.3 is 0 Å². The van der Waals surface area contributed by atoms with Gasteiger partial charge < -0.3 is 20.3 Å². The van der Waals surface area contributed by atoms with Crippen LogP contribution in [0.5, 0.6) is 11.5 Å². The molecule has 1 aromatic heterocycles. The highest BCUT2D eigenvalue weighted by molar-refractivity contribution is 5.64. The van der Waals surface area contributed by atoms with Gasteiger partial charge in [0, 0.05) is 12.2 Å². The van der Waals surface area contributed by atoms with Crippen LogP contribution in [0.3, 0.4) is 0 Å². The second-order valence-corrected chi connectivity index (χ2v) is 5.80. The molecule has 0 aliphatic carbocycles. The summed E-state index contributed by atoms with van der Waals surface area (Å²) in [7, 11) is 1.50. The molecule has 26 heavy (non-hydrogen) atoms. The zero-order valence-corrected chi connectivity index (χ0v) is 14.5. The summed E-state index contributed by atoms with van der Waals surface area (Å²) >= 11 is 0. The van der Waals surface area contributed by atoms with Crippen molar-refractivity contribution in [3.05, 3.63) is 66.5 Å². The zero-order chi connectivity index (χ0) is 18.4. The predicted molar refractivity (Wildman–Crippen MR) is 100 cm³/mol. The first kappa shape index (κ1) is 17.7. The lowest BCUT2D eigenvalue weighted by Crippen LogP contribution is -2.13.